The maximum absolute atomic E-state index is 12.2. The molecule has 0 saturated carbocycles. The van der Waals surface area contributed by atoms with Crippen molar-refractivity contribution in [2.24, 2.45) is 5.92 Å². The Morgan fingerprint density at radius 1 is 1.33 bits per heavy atom. The van der Waals surface area contributed by atoms with Crippen LogP contribution in [0.1, 0.15) is 62.9 Å². The highest BCUT2D eigenvalue weighted by Crippen LogP contribution is 2.15. The Kier molecular flexibility index (Phi) is 6.70. The zero-order valence-electron chi connectivity index (χ0n) is 15.3. The van der Waals surface area contributed by atoms with E-state index in [1.807, 2.05) is 13.8 Å². The summed E-state index contributed by atoms with van der Waals surface area (Å²) in [6.45, 7) is 9.15. The summed E-state index contributed by atoms with van der Waals surface area (Å²) in [6.07, 6.45) is 7.42. The average Bonchev–Trinajstić information content (AvgIpc) is 3.03. The van der Waals surface area contributed by atoms with Crippen LogP contribution in [0.3, 0.4) is 0 Å². The van der Waals surface area contributed by atoms with E-state index in [2.05, 4.69) is 34.2 Å². The number of hydrogen-bond acceptors (Lipinski definition) is 4. The lowest BCUT2D eigenvalue weighted by Crippen LogP contribution is -2.29. The van der Waals surface area contributed by atoms with Crippen molar-refractivity contribution in [2.75, 3.05) is 6.54 Å². The summed E-state index contributed by atoms with van der Waals surface area (Å²) >= 11 is 0. The van der Waals surface area contributed by atoms with Crippen molar-refractivity contribution >= 4 is 11.7 Å². The van der Waals surface area contributed by atoms with Gasteiger partial charge in [-0.25, -0.2) is 9.50 Å². The van der Waals surface area contributed by atoms with Crippen LogP contribution in [0.5, 0.6) is 0 Å². The summed E-state index contributed by atoms with van der Waals surface area (Å²) < 4.78 is 1.73. The maximum Gasteiger partial charge on any atom is 0.252 e. The van der Waals surface area contributed by atoms with Crippen LogP contribution in [0.4, 0.5) is 0 Å². The molecule has 0 radical (unpaired) electrons. The minimum Gasteiger partial charge on any atom is -0.356 e. The van der Waals surface area contributed by atoms with Crippen molar-refractivity contribution < 1.29 is 4.79 Å². The molecule has 0 bridgehead atoms. The van der Waals surface area contributed by atoms with Crippen molar-refractivity contribution in [1.29, 1.82) is 0 Å². The first-order valence-corrected chi connectivity index (χ1v) is 8.99. The number of aryl methyl sites for hydroxylation is 2. The second kappa shape index (κ2) is 8.76. The molecule has 0 aliphatic rings. The van der Waals surface area contributed by atoms with Crippen molar-refractivity contribution in [3.8, 4) is 0 Å². The molecule has 24 heavy (non-hydrogen) atoms. The molecule has 2 rings (SSSR count). The number of nitrogens with one attached hydrogen (secondary N) is 1. The van der Waals surface area contributed by atoms with E-state index in [1.54, 1.807) is 4.52 Å². The zero-order chi connectivity index (χ0) is 17.5. The number of aromatic nitrogens is 4. The molecule has 0 aliphatic carbocycles. The van der Waals surface area contributed by atoms with Crippen LogP contribution in [0, 0.1) is 19.8 Å². The van der Waals surface area contributed by atoms with Gasteiger partial charge in [-0.05, 0) is 38.2 Å². The van der Waals surface area contributed by atoms with Gasteiger partial charge in [0.15, 0.2) is 0 Å². The Labute approximate surface area is 144 Å². The Hall–Kier alpha value is -1.98. The van der Waals surface area contributed by atoms with Gasteiger partial charge in [-0.15, -0.1) is 0 Å². The summed E-state index contributed by atoms with van der Waals surface area (Å²) in [5, 5.41) is 7.28. The van der Waals surface area contributed by atoms with Crippen molar-refractivity contribution in [1.82, 2.24) is 24.9 Å². The van der Waals surface area contributed by atoms with Crippen LogP contribution in [-0.2, 0) is 11.2 Å². The Bertz CT molecular complexity index is 679. The fraction of sp³-hybridized carbons (Fsp3) is 0.667. The molecule has 0 aromatic carbocycles. The smallest absolute Gasteiger partial charge is 0.252 e. The topological polar surface area (TPSA) is 72.2 Å². The fourth-order valence-electron chi connectivity index (χ4n) is 3.05. The Morgan fingerprint density at radius 2 is 2.12 bits per heavy atom. The predicted molar refractivity (Wildman–Crippen MR) is 94.9 cm³/mol. The maximum atomic E-state index is 12.2. The quantitative estimate of drug-likeness (QED) is 0.766. The second-order valence-corrected chi connectivity index (χ2v) is 6.45. The van der Waals surface area contributed by atoms with Crippen molar-refractivity contribution in [2.45, 2.75) is 66.2 Å². The molecule has 6 heteroatoms. The van der Waals surface area contributed by atoms with E-state index in [1.165, 1.54) is 25.6 Å². The molecule has 6 nitrogen and oxygen atoms in total. The summed E-state index contributed by atoms with van der Waals surface area (Å²) in [6, 6.07) is 0. The lowest BCUT2D eigenvalue weighted by atomic mass is 9.99. The van der Waals surface area contributed by atoms with Crippen LogP contribution >= 0.6 is 0 Å². The van der Waals surface area contributed by atoms with Gasteiger partial charge in [0, 0.05) is 24.4 Å². The highest BCUT2D eigenvalue weighted by molar-refractivity contribution is 5.76. The van der Waals surface area contributed by atoms with Crippen LogP contribution in [0.2, 0.25) is 0 Å². The number of nitrogens with zero attached hydrogens (tertiary/aromatic N) is 4. The first-order chi connectivity index (χ1) is 11.6. The molecule has 0 spiro atoms. The lowest BCUT2D eigenvalue weighted by molar-refractivity contribution is -0.121. The van der Waals surface area contributed by atoms with E-state index in [9.17, 15) is 4.79 Å². The molecule has 1 N–H and O–H groups in total. The number of amides is 1. The summed E-state index contributed by atoms with van der Waals surface area (Å²) in [7, 11) is 0. The third kappa shape index (κ3) is 4.52. The predicted octanol–water partition coefficient (Wildman–Crippen LogP) is 3.01. The van der Waals surface area contributed by atoms with Gasteiger partial charge in [-0.3, -0.25) is 4.79 Å². The fourth-order valence-corrected chi connectivity index (χ4v) is 3.05. The standard InChI is InChI=1S/C18H29N5O/c1-5-7-8-15(6-2)11-19-17(24)10-9-16-13(3)22-18-20-12-21-23(18)14(16)4/h12,15H,5-11H2,1-4H3,(H,19,24). The normalized spacial score (nSPS) is 12.5. The number of fused-ring (bicyclic) bond motifs is 1. The third-order valence-electron chi connectivity index (χ3n) is 4.72. The lowest BCUT2D eigenvalue weighted by Gasteiger charge is -2.15. The van der Waals surface area contributed by atoms with Gasteiger partial charge >= 0.3 is 0 Å². The summed E-state index contributed by atoms with van der Waals surface area (Å²) in [5.41, 5.74) is 3.02. The number of hydrogen-bond donors (Lipinski definition) is 1. The highest BCUT2D eigenvalue weighted by Gasteiger charge is 2.13. The molecule has 0 aliphatic heterocycles. The van der Waals surface area contributed by atoms with Crippen LogP contribution in [0.15, 0.2) is 6.33 Å². The SMILES string of the molecule is CCCCC(CC)CNC(=O)CCc1c(C)nc2ncnn2c1C. The molecule has 132 valence electrons. The van der Waals surface area contributed by atoms with E-state index >= 15 is 0 Å². The van der Waals surface area contributed by atoms with Crippen molar-refractivity contribution in [3.63, 3.8) is 0 Å². The first-order valence-electron chi connectivity index (χ1n) is 8.99. The first kappa shape index (κ1) is 18.4. The Balaban J connectivity index is 1.90. The van der Waals surface area contributed by atoms with Gasteiger partial charge in [0.1, 0.15) is 6.33 Å². The monoisotopic (exact) mass is 331 g/mol. The molecule has 2 heterocycles. The zero-order valence-corrected chi connectivity index (χ0v) is 15.3. The second-order valence-electron chi connectivity index (χ2n) is 6.45. The van der Waals surface area contributed by atoms with Gasteiger partial charge in [0.25, 0.3) is 5.78 Å². The van der Waals surface area contributed by atoms with Crippen LogP contribution in [-0.4, -0.2) is 32.0 Å². The van der Waals surface area contributed by atoms with E-state index < -0.39 is 0 Å². The third-order valence-corrected chi connectivity index (χ3v) is 4.72. The van der Waals surface area contributed by atoms with E-state index in [-0.39, 0.29) is 5.91 Å². The highest BCUT2D eigenvalue weighted by atomic mass is 16.1. The van der Waals surface area contributed by atoms with Gasteiger partial charge in [-0.1, -0.05) is 33.1 Å². The largest absolute Gasteiger partial charge is 0.356 e. The van der Waals surface area contributed by atoms with E-state index in [0.29, 0.717) is 24.5 Å². The minimum atomic E-state index is 0.113. The minimum absolute atomic E-state index is 0.113. The van der Waals surface area contributed by atoms with E-state index in [4.69, 9.17) is 0 Å². The number of rotatable bonds is 9. The Morgan fingerprint density at radius 3 is 2.83 bits per heavy atom. The molecule has 0 fully saturated rings. The number of carbonyl (C=O) groups excluding carboxylic acids is 1. The molecule has 0 saturated heterocycles. The van der Waals surface area contributed by atoms with Gasteiger partial charge in [-0.2, -0.15) is 10.1 Å². The van der Waals surface area contributed by atoms with Gasteiger partial charge in [0.05, 0.1) is 0 Å². The van der Waals surface area contributed by atoms with Crippen molar-refractivity contribution in [3.05, 3.63) is 23.3 Å². The summed E-state index contributed by atoms with van der Waals surface area (Å²) in [5.74, 6) is 1.31. The summed E-state index contributed by atoms with van der Waals surface area (Å²) in [4.78, 5) is 20.8. The molecule has 1 amide bonds. The molecular formula is C18H29N5O. The molecule has 1 unspecified atom stereocenters. The van der Waals surface area contributed by atoms with Crippen LogP contribution in [0.25, 0.3) is 5.78 Å². The average molecular weight is 331 g/mol. The van der Waals surface area contributed by atoms with E-state index in [0.717, 1.165) is 29.9 Å². The number of carbonyl (C=O) groups is 1. The molecular weight excluding hydrogens is 302 g/mol. The molecule has 2 aromatic rings. The molecule has 1 atom stereocenters. The van der Waals surface area contributed by atoms with Gasteiger partial charge < -0.3 is 5.32 Å². The molecule has 2 aromatic heterocycles. The van der Waals surface area contributed by atoms with Gasteiger partial charge in [0.2, 0.25) is 5.91 Å². The van der Waals surface area contributed by atoms with Crippen LogP contribution < -0.4 is 5.32 Å². The number of unbranched alkanes of at least 4 members (excludes halogenated alkanes) is 1.